The molecule has 0 spiro atoms. The minimum atomic E-state index is -0.280. The summed E-state index contributed by atoms with van der Waals surface area (Å²) in [4.78, 5) is 4.14. The van der Waals surface area contributed by atoms with Crippen LogP contribution in [-0.4, -0.2) is 16.2 Å². The summed E-state index contributed by atoms with van der Waals surface area (Å²) in [6.07, 6.45) is 1.23. The molecule has 0 aliphatic carbocycles. The quantitative estimate of drug-likeness (QED) is 0.759. The van der Waals surface area contributed by atoms with Crippen molar-refractivity contribution in [1.82, 2.24) is 4.98 Å². The molecule has 0 aliphatic rings. The third-order valence-electron chi connectivity index (χ3n) is 1.90. The van der Waals surface area contributed by atoms with E-state index in [9.17, 15) is 0 Å². The lowest BCUT2D eigenvalue weighted by Crippen LogP contribution is -2.02. The highest BCUT2D eigenvalue weighted by molar-refractivity contribution is 6.30. The lowest BCUT2D eigenvalue weighted by molar-refractivity contribution is 0.185. The summed E-state index contributed by atoms with van der Waals surface area (Å²) in [6, 6.07) is 3.90. The van der Waals surface area contributed by atoms with Gasteiger partial charge < -0.3 is 5.11 Å². The Kier molecular flexibility index (Phi) is 3.70. The second-order valence-electron chi connectivity index (χ2n) is 3.29. The standard InChI is InChI=1S/C10H14ClNO/c1-7-3-5-9(10(11)12-7)6-4-8(2)13/h3,5,8,13H,4,6H2,1-2H3/t8-/m0/s1. The molecule has 0 saturated carbocycles. The van der Waals surface area contributed by atoms with Gasteiger partial charge in [-0.2, -0.15) is 0 Å². The van der Waals surface area contributed by atoms with Gasteiger partial charge in [-0.15, -0.1) is 0 Å². The second-order valence-corrected chi connectivity index (χ2v) is 3.65. The number of aliphatic hydroxyl groups excluding tert-OH is 1. The van der Waals surface area contributed by atoms with Crippen LogP contribution < -0.4 is 0 Å². The summed E-state index contributed by atoms with van der Waals surface area (Å²) in [7, 11) is 0. The molecule has 0 aromatic carbocycles. The van der Waals surface area contributed by atoms with Crippen LogP contribution in [0.2, 0.25) is 5.15 Å². The maximum Gasteiger partial charge on any atom is 0.132 e. The van der Waals surface area contributed by atoms with Gasteiger partial charge in [0.05, 0.1) is 6.10 Å². The average molecular weight is 200 g/mol. The first kappa shape index (κ1) is 10.5. The van der Waals surface area contributed by atoms with Gasteiger partial charge in [-0.1, -0.05) is 17.7 Å². The molecule has 1 N–H and O–H groups in total. The fourth-order valence-corrected chi connectivity index (χ4v) is 1.40. The molecule has 0 aliphatic heterocycles. The molecule has 1 heterocycles. The number of nitrogens with zero attached hydrogens (tertiary/aromatic N) is 1. The van der Waals surface area contributed by atoms with E-state index in [2.05, 4.69) is 4.98 Å². The van der Waals surface area contributed by atoms with E-state index in [0.717, 1.165) is 24.1 Å². The largest absolute Gasteiger partial charge is 0.393 e. The van der Waals surface area contributed by atoms with Gasteiger partial charge >= 0.3 is 0 Å². The third-order valence-corrected chi connectivity index (χ3v) is 2.22. The van der Waals surface area contributed by atoms with Crippen molar-refractivity contribution >= 4 is 11.6 Å². The molecule has 0 saturated heterocycles. The summed E-state index contributed by atoms with van der Waals surface area (Å²) >= 11 is 5.92. The Hall–Kier alpha value is -0.600. The number of pyridine rings is 1. The zero-order valence-corrected chi connectivity index (χ0v) is 8.67. The van der Waals surface area contributed by atoms with E-state index in [0.29, 0.717) is 5.15 Å². The zero-order chi connectivity index (χ0) is 9.84. The highest BCUT2D eigenvalue weighted by atomic mass is 35.5. The van der Waals surface area contributed by atoms with Gasteiger partial charge in [0, 0.05) is 5.69 Å². The van der Waals surface area contributed by atoms with Gasteiger partial charge in [0.2, 0.25) is 0 Å². The molecule has 0 bridgehead atoms. The van der Waals surface area contributed by atoms with Crippen molar-refractivity contribution in [3.8, 4) is 0 Å². The first-order valence-electron chi connectivity index (χ1n) is 4.39. The van der Waals surface area contributed by atoms with Crippen molar-refractivity contribution in [2.24, 2.45) is 0 Å². The van der Waals surface area contributed by atoms with Crippen LogP contribution in [0.25, 0.3) is 0 Å². The Morgan fingerprint density at radius 2 is 2.23 bits per heavy atom. The van der Waals surface area contributed by atoms with Crippen molar-refractivity contribution in [1.29, 1.82) is 0 Å². The predicted molar refractivity (Wildman–Crippen MR) is 54.0 cm³/mol. The smallest absolute Gasteiger partial charge is 0.132 e. The number of hydrogen-bond donors (Lipinski definition) is 1. The van der Waals surface area contributed by atoms with E-state index in [1.165, 1.54) is 0 Å². The van der Waals surface area contributed by atoms with E-state index in [1.807, 2.05) is 19.1 Å². The Labute approximate surface area is 83.6 Å². The van der Waals surface area contributed by atoms with Crippen LogP contribution in [0.15, 0.2) is 12.1 Å². The maximum atomic E-state index is 9.10. The number of halogens is 1. The number of aryl methyl sites for hydroxylation is 2. The average Bonchev–Trinajstić information content (AvgIpc) is 2.02. The van der Waals surface area contributed by atoms with Crippen LogP contribution in [0.5, 0.6) is 0 Å². The lowest BCUT2D eigenvalue weighted by atomic mass is 10.1. The number of hydrogen-bond acceptors (Lipinski definition) is 2. The second kappa shape index (κ2) is 4.58. The Balaban J connectivity index is 2.67. The molecule has 2 nitrogen and oxygen atoms in total. The molecule has 1 atom stereocenters. The van der Waals surface area contributed by atoms with Crippen LogP contribution in [0.1, 0.15) is 24.6 Å². The van der Waals surface area contributed by atoms with Gasteiger partial charge in [0.25, 0.3) is 0 Å². The van der Waals surface area contributed by atoms with Gasteiger partial charge in [0.15, 0.2) is 0 Å². The van der Waals surface area contributed by atoms with Crippen molar-refractivity contribution < 1.29 is 5.11 Å². The first-order valence-corrected chi connectivity index (χ1v) is 4.77. The van der Waals surface area contributed by atoms with E-state index in [-0.39, 0.29) is 6.10 Å². The molecule has 3 heteroatoms. The van der Waals surface area contributed by atoms with Crippen LogP contribution in [0.3, 0.4) is 0 Å². The molecule has 0 fully saturated rings. The highest BCUT2D eigenvalue weighted by Gasteiger charge is 2.03. The number of aliphatic hydroxyl groups is 1. The lowest BCUT2D eigenvalue weighted by Gasteiger charge is -2.05. The number of aromatic nitrogens is 1. The summed E-state index contributed by atoms with van der Waals surface area (Å²) in [5.74, 6) is 0. The Bertz CT molecular complexity index is 286. The van der Waals surface area contributed by atoms with Crippen LogP contribution in [0.4, 0.5) is 0 Å². The van der Waals surface area contributed by atoms with E-state index in [4.69, 9.17) is 16.7 Å². The molecule has 0 unspecified atom stereocenters. The van der Waals surface area contributed by atoms with Gasteiger partial charge in [-0.25, -0.2) is 4.98 Å². The summed E-state index contributed by atoms with van der Waals surface area (Å²) in [6.45, 7) is 3.68. The molecule has 1 aromatic heterocycles. The Morgan fingerprint density at radius 1 is 1.54 bits per heavy atom. The normalized spacial score (nSPS) is 12.9. The molecule has 13 heavy (non-hydrogen) atoms. The fourth-order valence-electron chi connectivity index (χ4n) is 1.10. The predicted octanol–water partition coefficient (Wildman–Crippen LogP) is 2.36. The minimum Gasteiger partial charge on any atom is -0.393 e. The topological polar surface area (TPSA) is 33.1 Å². The monoisotopic (exact) mass is 199 g/mol. The van der Waals surface area contributed by atoms with Crippen molar-refractivity contribution in [2.45, 2.75) is 32.8 Å². The molecule has 0 radical (unpaired) electrons. The Morgan fingerprint density at radius 3 is 2.77 bits per heavy atom. The SMILES string of the molecule is Cc1ccc(CC[C@H](C)O)c(Cl)n1. The van der Waals surface area contributed by atoms with Crippen molar-refractivity contribution in [3.63, 3.8) is 0 Å². The van der Waals surface area contributed by atoms with Gasteiger partial charge in [-0.05, 0) is 38.3 Å². The molecule has 1 aromatic rings. The van der Waals surface area contributed by atoms with E-state index < -0.39 is 0 Å². The fraction of sp³-hybridized carbons (Fsp3) is 0.500. The van der Waals surface area contributed by atoms with Crippen molar-refractivity contribution in [2.75, 3.05) is 0 Å². The van der Waals surface area contributed by atoms with Crippen LogP contribution in [-0.2, 0) is 6.42 Å². The number of rotatable bonds is 3. The van der Waals surface area contributed by atoms with E-state index in [1.54, 1.807) is 6.92 Å². The van der Waals surface area contributed by atoms with Crippen LogP contribution >= 0.6 is 11.6 Å². The molecular formula is C10H14ClNO. The van der Waals surface area contributed by atoms with Crippen LogP contribution in [0, 0.1) is 6.92 Å². The van der Waals surface area contributed by atoms with Gasteiger partial charge in [-0.3, -0.25) is 0 Å². The van der Waals surface area contributed by atoms with Gasteiger partial charge in [0.1, 0.15) is 5.15 Å². The third kappa shape index (κ3) is 3.33. The maximum absolute atomic E-state index is 9.10. The zero-order valence-electron chi connectivity index (χ0n) is 7.92. The minimum absolute atomic E-state index is 0.280. The first-order chi connectivity index (χ1) is 6.09. The van der Waals surface area contributed by atoms with Crippen molar-refractivity contribution in [3.05, 3.63) is 28.5 Å². The molecule has 0 amide bonds. The molecule has 1 rings (SSSR count). The van der Waals surface area contributed by atoms with E-state index >= 15 is 0 Å². The molecule has 72 valence electrons. The highest BCUT2D eigenvalue weighted by Crippen LogP contribution is 2.15. The summed E-state index contributed by atoms with van der Waals surface area (Å²) in [5, 5.41) is 9.65. The summed E-state index contributed by atoms with van der Waals surface area (Å²) < 4.78 is 0. The summed E-state index contributed by atoms with van der Waals surface area (Å²) in [5.41, 5.74) is 1.93. The molecular weight excluding hydrogens is 186 g/mol.